The molecular weight excluding hydrogens is 322 g/mol. The topological polar surface area (TPSA) is 31.4 Å². The maximum Gasteiger partial charge on any atom is 0.128 e. The maximum absolute atomic E-state index is 6.00. The summed E-state index contributed by atoms with van der Waals surface area (Å²) in [5.74, 6) is 1.41. The Bertz CT molecular complexity index is 687. The van der Waals surface area contributed by atoms with Crippen LogP contribution in [0.5, 0.6) is 5.75 Å². The molecule has 1 unspecified atom stereocenters. The predicted molar refractivity (Wildman–Crippen MR) is 109 cm³/mol. The van der Waals surface area contributed by atoms with Gasteiger partial charge in [-0.25, -0.2) is 0 Å². The molecule has 1 heterocycles. The fraction of sp³-hybridized carbons (Fsp3) is 0.522. The van der Waals surface area contributed by atoms with E-state index in [1.165, 1.54) is 16.7 Å². The molecule has 2 rings (SSSR count). The van der Waals surface area contributed by atoms with E-state index in [4.69, 9.17) is 14.5 Å². The van der Waals surface area contributed by atoms with Gasteiger partial charge in [0, 0.05) is 30.0 Å². The van der Waals surface area contributed by atoms with E-state index in [1.54, 1.807) is 7.11 Å². The van der Waals surface area contributed by atoms with Crippen molar-refractivity contribution in [3.8, 4) is 17.0 Å². The van der Waals surface area contributed by atoms with E-state index in [-0.39, 0.29) is 6.10 Å². The van der Waals surface area contributed by atoms with Gasteiger partial charge in [-0.3, -0.25) is 4.98 Å². The van der Waals surface area contributed by atoms with Crippen molar-refractivity contribution in [2.75, 3.05) is 13.7 Å². The van der Waals surface area contributed by atoms with Gasteiger partial charge in [0.1, 0.15) is 5.75 Å². The molecule has 0 aliphatic rings. The van der Waals surface area contributed by atoms with Gasteiger partial charge in [-0.05, 0) is 43.2 Å². The molecule has 0 bridgehead atoms. The molecule has 0 N–H and O–H groups in total. The minimum absolute atomic E-state index is 0.0172. The summed E-state index contributed by atoms with van der Waals surface area (Å²) in [7, 11) is 1.73. The SMILES string of the molecule is CCOC(CC(C)C)c1cnc(-c2c(CC)cccc2CC)cc1OC. The Morgan fingerprint density at radius 2 is 1.69 bits per heavy atom. The molecule has 1 aromatic heterocycles. The number of methoxy groups -OCH3 is 1. The third kappa shape index (κ3) is 4.64. The van der Waals surface area contributed by atoms with E-state index in [1.807, 2.05) is 13.1 Å². The van der Waals surface area contributed by atoms with Crippen LogP contribution in [-0.2, 0) is 17.6 Å². The Hall–Kier alpha value is -1.87. The average Bonchev–Trinajstić information content (AvgIpc) is 2.66. The van der Waals surface area contributed by atoms with Gasteiger partial charge >= 0.3 is 0 Å². The number of hydrogen-bond donors (Lipinski definition) is 0. The second-order valence-electron chi connectivity index (χ2n) is 7.04. The molecule has 0 saturated heterocycles. The number of aryl methyl sites for hydroxylation is 2. The largest absolute Gasteiger partial charge is 0.496 e. The lowest BCUT2D eigenvalue weighted by molar-refractivity contribution is 0.0453. The average molecular weight is 356 g/mol. The molecule has 0 amide bonds. The Labute approximate surface area is 158 Å². The molecule has 3 nitrogen and oxygen atoms in total. The quantitative estimate of drug-likeness (QED) is 0.552. The highest BCUT2D eigenvalue weighted by Gasteiger charge is 2.20. The minimum atomic E-state index is 0.0172. The molecule has 3 heteroatoms. The smallest absolute Gasteiger partial charge is 0.128 e. The van der Waals surface area contributed by atoms with Crippen molar-refractivity contribution < 1.29 is 9.47 Å². The number of nitrogens with zero attached hydrogens (tertiary/aromatic N) is 1. The van der Waals surface area contributed by atoms with E-state index >= 15 is 0 Å². The summed E-state index contributed by atoms with van der Waals surface area (Å²) in [5, 5.41) is 0. The van der Waals surface area contributed by atoms with E-state index in [9.17, 15) is 0 Å². The number of aromatic nitrogens is 1. The molecule has 0 saturated carbocycles. The van der Waals surface area contributed by atoms with Crippen LogP contribution in [0, 0.1) is 5.92 Å². The first-order valence-corrected chi connectivity index (χ1v) is 9.82. The zero-order chi connectivity index (χ0) is 19.1. The molecule has 0 radical (unpaired) electrons. The summed E-state index contributed by atoms with van der Waals surface area (Å²) in [6.45, 7) is 11.5. The van der Waals surface area contributed by atoms with E-state index in [0.29, 0.717) is 12.5 Å². The number of pyridine rings is 1. The Balaban J connectivity index is 2.52. The van der Waals surface area contributed by atoms with Gasteiger partial charge in [-0.2, -0.15) is 0 Å². The van der Waals surface area contributed by atoms with Crippen LogP contribution in [0.25, 0.3) is 11.3 Å². The van der Waals surface area contributed by atoms with Crippen molar-refractivity contribution in [1.29, 1.82) is 0 Å². The lowest BCUT2D eigenvalue weighted by atomic mass is 9.93. The van der Waals surface area contributed by atoms with Gasteiger partial charge in [0.25, 0.3) is 0 Å². The molecule has 142 valence electrons. The van der Waals surface area contributed by atoms with Crippen molar-refractivity contribution >= 4 is 0 Å². The molecule has 0 aliphatic heterocycles. The zero-order valence-electron chi connectivity index (χ0n) is 17.1. The molecule has 0 spiro atoms. The monoisotopic (exact) mass is 355 g/mol. The number of ether oxygens (including phenoxy) is 2. The van der Waals surface area contributed by atoms with Crippen LogP contribution in [-0.4, -0.2) is 18.7 Å². The summed E-state index contributed by atoms with van der Waals surface area (Å²) in [4.78, 5) is 4.83. The van der Waals surface area contributed by atoms with Crippen LogP contribution in [0.4, 0.5) is 0 Å². The number of rotatable bonds is 9. The summed E-state index contributed by atoms with van der Waals surface area (Å²) < 4.78 is 11.7. The second kappa shape index (κ2) is 9.72. The van der Waals surface area contributed by atoms with Gasteiger partial charge in [-0.15, -0.1) is 0 Å². The standard InChI is InChI=1S/C23H33NO2/c1-7-17-11-10-12-18(8-2)23(17)20-14-21(25-6)19(15-24-20)22(26-9-3)13-16(4)5/h10-12,14-16,22H,7-9,13H2,1-6H3. The molecule has 1 aromatic carbocycles. The van der Waals surface area contributed by atoms with Crippen LogP contribution >= 0.6 is 0 Å². The van der Waals surface area contributed by atoms with Gasteiger partial charge in [-0.1, -0.05) is 45.9 Å². The highest BCUT2D eigenvalue weighted by molar-refractivity contribution is 5.69. The van der Waals surface area contributed by atoms with E-state index < -0.39 is 0 Å². The molecule has 26 heavy (non-hydrogen) atoms. The minimum Gasteiger partial charge on any atom is -0.496 e. The van der Waals surface area contributed by atoms with E-state index in [2.05, 4.69) is 52.0 Å². The van der Waals surface area contributed by atoms with Gasteiger partial charge in [0.15, 0.2) is 0 Å². The van der Waals surface area contributed by atoms with E-state index in [0.717, 1.165) is 36.3 Å². The van der Waals surface area contributed by atoms with Crippen LogP contribution < -0.4 is 4.74 Å². The predicted octanol–water partition coefficient (Wildman–Crippen LogP) is 6.01. The first-order chi connectivity index (χ1) is 12.5. The third-order valence-electron chi connectivity index (χ3n) is 4.77. The number of hydrogen-bond acceptors (Lipinski definition) is 3. The lowest BCUT2D eigenvalue weighted by Gasteiger charge is -2.22. The first-order valence-electron chi connectivity index (χ1n) is 9.82. The second-order valence-corrected chi connectivity index (χ2v) is 7.04. The maximum atomic E-state index is 6.00. The lowest BCUT2D eigenvalue weighted by Crippen LogP contribution is -2.10. The van der Waals surface area contributed by atoms with Crippen LogP contribution in [0.2, 0.25) is 0 Å². The summed E-state index contributed by atoms with van der Waals surface area (Å²) >= 11 is 0. The normalized spacial score (nSPS) is 12.4. The Morgan fingerprint density at radius 3 is 2.19 bits per heavy atom. The Morgan fingerprint density at radius 1 is 1.04 bits per heavy atom. The van der Waals surface area contributed by atoms with Crippen LogP contribution in [0.1, 0.15) is 63.8 Å². The van der Waals surface area contributed by atoms with Crippen molar-refractivity contribution in [2.24, 2.45) is 5.92 Å². The summed E-state index contributed by atoms with van der Waals surface area (Å²) in [6.07, 6.45) is 4.90. The van der Waals surface area contributed by atoms with Gasteiger partial charge in [0.2, 0.25) is 0 Å². The third-order valence-corrected chi connectivity index (χ3v) is 4.77. The Kier molecular flexibility index (Phi) is 7.65. The van der Waals surface area contributed by atoms with Gasteiger partial charge in [0.05, 0.1) is 18.9 Å². The molecular formula is C23H33NO2. The molecule has 2 aromatic rings. The fourth-order valence-electron chi connectivity index (χ4n) is 3.49. The van der Waals surface area contributed by atoms with Crippen LogP contribution in [0.3, 0.4) is 0 Å². The number of benzene rings is 1. The van der Waals surface area contributed by atoms with Crippen molar-refractivity contribution in [3.05, 3.63) is 47.2 Å². The summed E-state index contributed by atoms with van der Waals surface area (Å²) in [6, 6.07) is 8.60. The van der Waals surface area contributed by atoms with Gasteiger partial charge < -0.3 is 9.47 Å². The molecule has 1 atom stereocenters. The highest BCUT2D eigenvalue weighted by Crippen LogP contribution is 2.36. The highest BCUT2D eigenvalue weighted by atomic mass is 16.5. The van der Waals surface area contributed by atoms with Crippen LogP contribution in [0.15, 0.2) is 30.5 Å². The zero-order valence-corrected chi connectivity index (χ0v) is 17.1. The van der Waals surface area contributed by atoms with Crippen molar-refractivity contribution in [3.63, 3.8) is 0 Å². The van der Waals surface area contributed by atoms with Crippen molar-refractivity contribution in [1.82, 2.24) is 4.98 Å². The molecule has 0 fully saturated rings. The van der Waals surface area contributed by atoms with Crippen molar-refractivity contribution in [2.45, 2.75) is 60.0 Å². The fourth-order valence-corrected chi connectivity index (χ4v) is 3.49. The summed E-state index contributed by atoms with van der Waals surface area (Å²) in [5.41, 5.74) is 5.93. The molecule has 0 aliphatic carbocycles. The first kappa shape index (κ1) is 20.4.